The van der Waals surface area contributed by atoms with Gasteiger partial charge in [0.15, 0.2) is 0 Å². The molecule has 3 rings (SSSR count). The lowest BCUT2D eigenvalue weighted by Gasteiger charge is -2.25. The molecule has 1 heterocycles. The third kappa shape index (κ3) is 2.37. The average Bonchev–Trinajstić information content (AvgIpc) is 3.05. The molecule has 0 unspecified atom stereocenters. The van der Waals surface area contributed by atoms with Crippen molar-refractivity contribution >= 4 is 17.7 Å². The van der Waals surface area contributed by atoms with Gasteiger partial charge in [-0.05, 0) is 57.4 Å². The number of carboxylic acid groups (broad SMARTS) is 1. The molecule has 1 fully saturated rings. The number of aromatic carboxylic acids is 1. The molecule has 0 saturated heterocycles. The van der Waals surface area contributed by atoms with Gasteiger partial charge in [-0.1, -0.05) is 0 Å². The van der Waals surface area contributed by atoms with E-state index in [1.807, 2.05) is 20.8 Å². The predicted octanol–water partition coefficient (Wildman–Crippen LogP) is 3.17. The van der Waals surface area contributed by atoms with Crippen molar-refractivity contribution in [2.45, 2.75) is 44.6 Å². The molecule has 5 nitrogen and oxygen atoms in total. The number of fused-ring (bicyclic) bond motifs is 2. The Morgan fingerprint density at radius 1 is 1.29 bits per heavy atom. The molecule has 1 spiro atoms. The highest BCUT2D eigenvalue weighted by Crippen LogP contribution is 2.56. The van der Waals surface area contributed by atoms with Crippen molar-refractivity contribution in [2.24, 2.45) is 0 Å². The standard InChI is InChI=1S/C16H19NO4/c1-15(2,3)21-14(20)17-9-16(6-7-16)11-8-10(13(18)19)4-5-12(11)17/h4-5,8H,6-7,9H2,1-3H3,(H,18,19). The second-order valence-electron chi connectivity index (χ2n) is 6.88. The van der Waals surface area contributed by atoms with Crippen LogP contribution in [0.15, 0.2) is 18.2 Å². The maximum Gasteiger partial charge on any atom is 0.414 e. The summed E-state index contributed by atoms with van der Waals surface area (Å²) >= 11 is 0. The van der Waals surface area contributed by atoms with Crippen molar-refractivity contribution in [1.82, 2.24) is 0 Å². The highest BCUT2D eigenvalue weighted by molar-refractivity contribution is 5.95. The molecule has 2 aliphatic rings. The van der Waals surface area contributed by atoms with E-state index >= 15 is 0 Å². The largest absolute Gasteiger partial charge is 0.478 e. The Balaban J connectivity index is 1.95. The summed E-state index contributed by atoms with van der Waals surface area (Å²) in [5, 5.41) is 9.13. The van der Waals surface area contributed by atoms with E-state index in [9.17, 15) is 9.59 Å². The van der Waals surface area contributed by atoms with Crippen LogP contribution in [0.4, 0.5) is 10.5 Å². The molecule has 1 aliphatic heterocycles. The van der Waals surface area contributed by atoms with Gasteiger partial charge in [-0.2, -0.15) is 0 Å². The first-order valence-electron chi connectivity index (χ1n) is 7.10. The van der Waals surface area contributed by atoms with Gasteiger partial charge in [-0.25, -0.2) is 9.59 Å². The normalized spacial score (nSPS) is 18.5. The van der Waals surface area contributed by atoms with Gasteiger partial charge in [0.2, 0.25) is 0 Å². The Bertz CT molecular complexity index is 626. The van der Waals surface area contributed by atoms with Crippen LogP contribution in [0.2, 0.25) is 0 Å². The first-order chi connectivity index (χ1) is 9.72. The summed E-state index contributed by atoms with van der Waals surface area (Å²) < 4.78 is 5.45. The van der Waals surface area contributed by atoms with Crippen molar-refractivity contribution in [2.75, 3.05) is 11.4 Å². The number of nitrogens with zero attached hydrogens (tertiary/aromatic N) is 1. The zero-order valence-corrected chi connectivity index (χ0v) is 12.5. The van der Waals surface area contributed by atoms with E-state index in [1.165, 1.54) is 0 Å². The van der Waals surface area contributed by atoms with Gasteiger partial charge < -0.3 is 9.84 Å². The second-order valence-corrected chi connectivity index (χ2v) is 6.88. The number of hydrogen-bond donors (Lipinski definition) is 1. The minimum Gasteiger partial charge on any atom is -0.478 e. The summed E-state index contributed by atoms with van der Waals surface area (Å²) in [5.41, 5.74) is 1.42. The maximum absolute atomic E-state index is 12.3. The van der Waals surface area contributed by atoms with E-state index in [0.717, 1.165) is 24.1 Å². The van der Waals surface area contributed by atoms with E-state index in [-0.39, 0.29) is 17.1 Å². The summed E-state index contributed by atoms with van der Waals surface area (Å²) in [7, 11) is 0. The van der Waals surface area contributed by atoms with Gasteiger partial charge in [-0.15, -0.1) is 0 Å². The fourth-order valence-electron chi connectivity index (χ4n) is 2.86. The zero-order chi connectivity index (χ0) is 15.4. The van der Waals surface area contributed by atoms with Crippen LogP contribution in [0.25, 0.3) is 0 Å². The molecule has 21 heavy (non-hydrogen) atoms. The number of rotatable bonds is 1. The Hall–Kier alpha value is -2.04. The molecule has 0 atom stereocenters. The minimum atomic E-state index is -0.940. The van der Waals surface area contributed by atoms with Crippen molar-refractivity contribution in [1.29, 1.82) is 0 Å². The molecule has 1 aromatic rings. The number of hydrogen-bond acceptors (Lipinski definition) is 3. The lowest BCUT2D eigenvalue weighted by molar-refractivity contribution is 0.0580. The molecule has 0 bridgehead atoms. The fraction of sp³-hybridized carbons (Fsp3) is 0.500. The number of anilines is 1. The molecule has 112 valence electrons. The number of benzene rings is 1. The average molecular weight is 289 g/mol. The quantitative estimate of drug-likeness (QED) is 0.862. The van der Waals surface area contributed by atoms with Crippen molar-refractivity contribution in [3.63, 3.8) is 0 Å². The minimum absolute atomic E-state index is 0.0578. The summed E-state index contributed by atoms with van der Waals surface area (Å²) in [5.74, 6) is -0.940. The van der Waals surface area contributed by atoms with Crippen LogP contribution in [-0.2, 0) is 10.2 Å². The molecule has 5 heteroatoms. The molecular formula is C16H19NO4. The lowest BCUT2D eigenvalue weighted by Crippen LogP contribution is -2.37. The van der Waals surface area contributed by atoms with Crippen molar-refractivity contribution in [3.8, 4) is 0 Å². The van der Waals surface area contributed by atoms with E-state index in [4.69, 9.17) is 9.84 Å². The Morgan fingerprint density at radius 3 is 2.48 bits per heavy atom. The van der Waals surface area contributed by atoms with Crippen molar-refractivity contribution in [3.05, 3.63) is 29.3 Å². The van der Waals surface area contributed by atoms with E-state index in [1.54, 1.807) is 23.1 Å². The van der Waals surface area contributed by atoms with Crippen LogP contribution in [0.3, 0.4) is 0 Å². The Labute approximate surface area is 123 Å². The Morgan fingerprint density at radius 2 is 1.95 bits per heavy atom. The van der Waals surface area contributed by atoms with E-state index in [2.05, 4.69) is 0 Å². The lowest BCUT2D eigenvalue weighted by atomic mass is 9.97. The van der Waals surface area contributed by atoms with Crippen LogP contribution in [0.5, 0.6) is 0 Å². The molecule has 1 saturated carbocycles. The van der Waals surface area contributed by atoms with Gasteiger partial charge in [-0.3, -0.25) is 4.90 Å². The molecule has 1 amide bonds. The molecule has 0 radical (unpaired) electrons. The van der Waals surface area contributed by atoms with Gasteiger partial charge in [0.1, 0.15) is 5.60 Å². The topological polar surface area (TPSA) is 66.8 Å². The molecular weight excluding hydrogens is 270 g/mol. The summed E-state index contributed by atoms with van der Waals surface area (Å²) in [6.45, 7) is 6.09. The fourth-order valence-corrected chi connectivity index (χ4v) is 2.86. The first-order valence-corrected chi connectivity index (χ1v) is 7.10. The third-order valence-corrected chi connectivity index (χ3v) is 4.03. The van der Waals surface area contributed by atoms with Gasteiger partial charge in [0.05, 0.1) is 11.3 Å². The second kappa shape index (κ2) is 4.23. The van der Waals surface area contributed by atoms with Gasteiger partial charge >= 0.3 is 12.1 Å². The summed E-state index contributed by atoms with van der Waals surface area (Å²) in [4.78, 5) is 25.1. The van der Waals surface area contributed by atoms with E-state index in [0.29, 0.717) is 6.54 Å². The van der Waals surface area contributed by atoms with Crippen LogP contribution in [0, 0.1) is 0 Å². The van der Waals surface area contributed by atoms with Crippen molar-refractivity contribution < 1.29 is 19.4 Å². The molecule has 1 aromatic carbocycles. The number of carbonyl (C=O) groups is 2. The van der Waals surface area contributed by atoms with Gasteiger partial charge in [0.25, 0.3) is 0 Å². The molecule has 0 aromatic heterocycles. The highest BCUT2D eigenvalue weighted by Gasteiger charge is 2.53. The highest BCUT2D eigenvalue weighted by atomic mass is 16.6. The van der Waals surface area contributed by atoms with Crippen LogP contribution < -0.4 is 4.90 Å². The smallest absolute Gasteiger partial charge is 0.414 e. The zero-order valence-electron chi connectivity index (χ0n) is 12.5. The monoisotopic (exact) mass is 289 g/mol. The third-order valence-electron chi connectivity index (χ3n) is 4.03. The van der Waals surface area contributed by atoms with Crippen LogP contribution >= 0.6 is 0 Å². The number of carboxylic acids is 1. The summed E-state index contributed by atoms with van der Waals surface area (Å²) in [6, 6.07) is 4.96. The number of amides is 1. The van der Waals surface area contributed by atoms with Crippen LogP contribution in [-0.4, -0.2) is 29.3 Å². The first kappa shape index (κ1) is 13.9. The van der Waals surface area contributed by atoms with E-state index < -0.39 is 11.6 Å². The molecule has 1 N–H and O–H groups in total. The van der Waals surface area contributed by atoms with Gasteiger partial charge in [0, 0.05) is 12.0 Å². The number of carbonyl (C=O) groups excluding carboxylic acids is 1. The number of ether oxygens (including phenoxy) is 1. The van der Waals surface area contributed by atoms with Crippen LogP contribution in [0.1, 0.15) is 49.5 Å². The molecule has 1 aliphatic carbocycles. The Kier molecular flexibility index (Phi) is 2.80. The summed E-state index contributed by atoms with van der Waals surface area (Å²) in [6.07, 6.45) is 1.61. The SMILES string of the molecule is CC(C)(C)OC(=O)N1CC2(CC2)c2cc(C(=O)O)ccc21. The predicted molar refractivity (Wildman–Crippen MR) is 77.9 cm³/mol. The maximum atomic E-state index is 12.3.